The number of nitrogens with zero attached hydrogens (tertiary/aromatic N) is 3. The van der Waals surface area contributed by atoms with Crippen LogP contribution in [0, 0.1) is 0 Å². The number of urea groups is 1. The molecule has 12 heteroatoms. The van der Waals surface area contributed by atoms with Gasteiger partial charge in [0, 0.05) is 18.7 Å². The topological polar surface area (TPSA) is 138 Å². The average molecular weight is 478 g/mol. The van der Waals surface area contributed by atoms with Crippen LogP contribution >= 0.6 is 11.3 Å². The van der Waals surface area contributed by atoms with Crippen LogP contribution in [0.15, 0.2) is 27.5 Å². The number of aliphatic hydroxyl groups is 1. The second-order valence-electron chi connectivity index (χ2n) is 8.27. The fourth-order valence-corrected chi connectivity index (χ4v) is 6.08. The highest BCUT2D eigenvalue weighted by atomic mass is 32.2. The Labute approximate surface area is 188 Å². The van der Waals surface area contributed by atoms with Gasteiger partial charge in [-0.2, -0.15) is 4.98 Å². The second kappa shape index (κ2) is 7.71. The quantitative estimate of drug-likeness (QED) is 0.510. The Kier molecular flexibility index (Phi) is 5.10. The minimum absolute atomic E-state index is 0.0404. The van der Waals surface area contributed by atoms with E-state index in [2.05, 4.69) is 25.5 Å². The summed E-state index contributed by atoms with van der Waals surface area (Å²) in [6, 6.07) is 4.64. The zero-order valence-corrected chi connectivity index (χ0v) is 19.2. The lowest BCUT2D eigenvalue weighted by Gasteiger charge is -2.32. The molecule has 2 amide bonds. The molecule has 0 saturated carbocycles. The van der Waals surface area contributed by atoms with Crippen LogP contribution in [0.4, 0.5) is 15.9 Å². The predicted molar refractivity (Wildman–Crippen MR) is 120 cm³/mol. The summed E-state index contributed by atoms with van der Waals surface area (Å²) < 4.78 is 29.7. The molecule has 10 nitrogen and oxygen atoms in total. The van der Waals surface area contributed by atoms with Crippen molar-refractivity contribution in [2.45, 2.75) is 49.2 Å². The predicted octanol–water partition coefficient (Wildman–Crippen LogP) is 2.46. The lowest BCUT2D eigenvalue weighted by molar-refractivity contribution is 0.229. The van der Waals surface area contributed by atoms with Crippen molar-refractivity contribution in [3.05, 3.63) is 28.8 Å². The van der Waals surface area contributed by atoms with E-state index < -0.39 is 15.9 Å². The van der Waals surface area contributed by atoms with Gasteiger partial charge in [0.05, 0.1) is 34.2 Å². The van der Waals surface area contributed by atoms with Crippen LogP contribution in [0.2, 0.25) is 0 Å². The van der Waals surface area contributed by atoms with Gasteiger partial charge in [0.25, 0.3) is 6.01 Å². The average Bonchev–Trinajstić information content (AvgIpc) is 3.41. The summed E-state index contributed by atoms with van der Waals surface area (Å²) in [4.78, 5) is 24.7. The summed E-state index contributed by atoms with van der Waals surface area (Å²) in [5, 5.41) is 15.0. The standard InChI is InChI=1S/C20H23N5O5S2/c1-10(9-26)21-18(27)24-19-22-14-7-11-3-5-15(17(14)31-19)25(11)20-23-13-8-12(32(2,28)29)4-6-16(13)30-20/h4,6,8,10-11,15,26H,3,5,7,9H2,1-2H3,(H2,21,22,24,27)/t10-,11?,15?/m1/s1. The molecule has 2 bridgehead atoms. The molecular weight excluding hydrogens is 454 g/mol. The second-order valence-corrected chi connectivity index (χ2v) is 11.3. The molecule has 2 aromatic heterocycles. The first-order valence-electron chi connectivity index (χ1n) is 10.3. The number of sulfone groups is 1. The smallest absolute Gasteiger partial charge is 0.321 e. The number of hydrogen-bond donors (Lipinski definition) is 3. The van der Waals surface area contributed by atoms with E-state index in [9.17, 15) is 13.2 Å². The number of carbonyl (C=O) groups excluding carboxylic acids is 1. The van der Waals surface area contributed by atoms with Gasteiger partial charge in [-0.15, -0.1) is 0 Å². The highest BCUT2D eigenvalue weighted by molar-refractivity contribution is 7.90. The summed E-state index contributed by atoms with van der Waals surface area (Å²) in [5.74, 6) is 0. The molecule has 0 radical (unpaired) electrons. The zero-order valence-electron chi connectivity index (χ0n) is 17.5. The molecule has 0 aliphatic carbocycles. The van der Waals surface area contributed by atoms with Crippen LogP contribution < -0.4 is 15.5 Å². The third-order valence-electron chi connectivity index (χ3n) is 5.83. The van der Waals surface area contributed by atoms with Crippen molar-refractivity contribution in [1.29, 1.82) is 0 Å². The molecule has 3 atom stereocenters. The fourth-order valence-electron chi connectivity index (χ4n) is 4.32. The summed E-state index contributed by atoms with van der Waals surface area (Å²) in [6.07, 6.45) is 3.77. The van der Waals surface area contributed by atoms with E-state index >= 15 is 0 Å². The first-order chi connectivity index (χ1) is 15.2. The Morgan fingerprint density at radius 1 is 1.38 bits per heavy atom. The van der Waals surface area contributed by atoms with Crippen LogP contribution in [0.5, 0.6) is 0 Å². The monoisotopic (exact) mass is 477 g/mol. The number of aliphatic hydroxyl groups excluding tert-OH is 1. The summed E-state index contributed by atoms with van der Waals surface area (Å²) in [6.45, 7) is 1.57. The molecule has 5 rings (SSSR count). The summed E-state index contributed by atoms with van der Waals surface area (Å²) in [7, 11) is -3.33. The molecule has 32 heavy (non-hydrogen) atoms. The number of benzene rings is 1. The van der Waals surface area contributed by atoms with Crippen LogP contribution in [0.25, 0.3) is 11.1 Å². The van der Waals surface area contributed by atoms with E-state index in [0.29, 0.717) is 28.7 Å². The van der Waals surface area contributed by atoms with E-state index in [0.717, 1.165) is 23.4 Å². The molecule has 3 N–H and O–H groups in total. The van der Waals surface area contributed by atoms with Gasteiger partial charge in [0.15, 0.2) is 20.6 Å². The van der Waals surface area contributed by atoms with Crippen LogP contribution in [-0.4, -0.2) is 54.5 Å². The van der Waals surface area contributed by atoms with Crippen molar-refractivity contribution in [3.8, 4) is 0 Å². The molecule has 2 aliphatic rings. The van der Waals surface area contributed by atoms with Gasteiger partial charge >= 0.3 is 6.03 Å². The molecule has 3 aromatic rings. The summed E-state index contributed by atoms with van der Waals surface area (Å²) >= 11 is 1.43. The van der Waals surface area contributed by atoms with Gasteiger partial charge in [0.2, 0.25) is 0 Å². The van der Waals surface area contributed by atoms with Crippen LogP contribution in [0.1, 0.15) is 36.4 Å². The van der Waals surface area contributed by atoms with Gasteiger partial charge in [-0.25, -0.2) is 18.2 Å². The van der Waals surface area contributed by atoms with Gasteiger partial charge in [0.1, 0.15) is 5.52 Å². The lowest BCUT2D eigenvalue weighted by atomic mass is 10.1. The molecule has 1 aromatic carbocycles. The molecule has 1 fully saturated rings. The molecule has 2 aliphatic heterocycles. The van der Waals surface area contributed by atoms with Crippen molar-refractivity contribution in [3.63, 3.8) is 0 Å². The Morgan fingerprint density at radius 2 is 2.19 bits per heavy atom. The first-order valence-corrected chi connectivity index (χ1v) is 13.0. The normalized spacial score (nSPS) is 20.9. The number of carbonyl (C=O) groups is 1. The van der Waals surface area contributed by atoms with E-state index in [4.69, 9.17) is 9.52 Å². The highest BCUT2D eigenvalue weighted by Gasteiger charge is 2.44. The Hall–Kier alpha value is -2.70. The number of thiazole rings is 1. The maximum absolute atomic E-state index is 12.1. The lowest BCUT2D eigenvalue weighted by Crippen LogP contribution is -2.38. The Balaban J connectivity index is 1.42. The fraction of sp³-hybridized carbons (Fsp3) is 0.450. The molecule has 0 spiro atoms. The third kappa shape index (κ3) is 3.71. The number of amides is 2. The summed E-state index contributed by atoms with van der Waals surface area (Å²) in [5.41, 5.74) is 2.02. The molecule has 1 saturated heterocycles. The maximum Gasteiger partial charge on any atom is 0.321 e. The molecular formula is C20H23N5O5S2. The number of oxazole rings is 1. The van der Waals surface area contributed by atoms with Crippen molar-refractivity contribution < 1.29 is 22.7 Å². The first kappa shape index (κ1) is 21.2. The van der Waals surface area contributed by atoms with Crippen LogP contribution in [-0.2, 0) is 16.3 Å². The van der Waals surface area contributed by atoms with E-state index in [1.165, 1.54) is 29.7 Å². The minimum Gasteiger partial charge on any atom is -0.423 e. The zero-order chi connectivity index (χ0) is 22.6. The number of rotatable bonds is 5. The third-order valence-corrected chi connectivity index (χ3v) is 8.05. The van der Waals surface area contributed by atoms with E-state index in [1.54, 1.807) is 13.0 Å². The molecule has 170 valence electrons. The SMILES string of the molecule is C[C@H](CO)NC(=O)Nc1nc2c(s1)C1CCC(C2)N1c1nc2cc(S(C)(=O)=O)ccc2o1. The maximum atomic E-state index is 12.1. The van der Waals surface area contributed by atoms with Crippen molar-refractivity contribution >= 4 is 49.5 Å². The Bertz CT molecular complexity index is 1300. The number of hydrogen-bond acceptors (Lipinski definition) is 9. The van der Waals surface area contributed by atoms with E-state index in [-0.39, 0.29) is 29.6 Å². The van der Waals surface area contributed by atoms with Crippen molar-refractivity contribution in [2.75, 3.05) is 23.1 Å². The van der Waals surface area contributed by atoms with Gasteiger partial charge < -0.3 is 19.7 Å². The molecule has 2 unspecified atom stereocenters. The van der Waals surface area contributed by atoms with Gasteiger partial charge in [-0.1, -0.05) is 11.3 Å². The number of anilines is 2. The van der Waals surface area contributed by atoms with Gasteiger partial charge in [-0.05, 0) is 38.0 Å². The number of aromatic nitrogens is 2. The minimum atomic E-state index is -3.33. The van der Waals surface area contributed by atoms with Crippen LogP contribution in [0.3, 0.4) is 0 Å². The van der Waals surface area contributed by atoms with E-state index in [1.807, 2.05) is 0 Å². The largest absolute Gasteiger partial charge is 0.423 e. The van der Waals surface area contributed by atoms with Crippen molar-refractivity contribution in [1.82, 2.24) is 15.3 Å². The van der Waals surface area contributed by atoms with Crippen molar-refractivity contribution in [2.24, 2.45) is 0 Å². The molecule has 4 heterocycles. The number of fused-ring (bicyclic) bond motifs is 5. The highest BCUT2D eigenvalue weighted by Crippen LogP contribution is 2.49. The van der Waals surface area contributed by atoms with Gasteiger partial charge in [-0.3, -0.25) is 5.32 Å². The Morgan fingerprint density at radius 3 is 2.94 bits per heavy atom. The number of nitrogens with one attached hydrogen (secondary N) is 2.